The topological polar surface area (TPSA) is 178 Å². The summed E-state index contributed by atoms with van der Waals surface area (Å²) in [7, 11) is 0. The lowest BCUT2D eigenvalue weighted by molar-refractivity contribution is -0.140. The summed E-state index contributed by atoms with van der Waals surface area (Å²) in [6.07, 6.45) is 5.94. The summed E-state index contributed by atoms with van der Waals surface area (Å²) in [5.74, 6) is 0.406. The van der Waals surface area contributed by atoms with Crippen molar-refractivity contribution in [2.45, 2.75) is 69.9 Å². The number of hydrogen-bond acceptors (Lipinski definition) is 11. The van der Waals surface area contributed by atoms with Crippen LogP contribution in [0.15, 0.2) is 54.6 Å². The molecular formula is C42H50ClN9O5. The molecule has 3 aliphatic heterocycles. The van der Waals surface area contributed by atoms with Gasteiger partial charge in [-0.3, -0.25) is 29.4 Å². The van der Waals surface area contributed by atoms with Gasteiger partial charge in [0.15, 0.2) is 11.5 Å². The summed E-state index contributed by atoms with van der Waals surface area (Å²) in [5, 5.41) is 20.1. The van der Waals surface area contributed by atoms with E-state index in [0.29, 0.717) is 28.7 Å². The average Bonchev–Trinajstić information content (AvgIpc) is 3.22. The van der Waals surface area contributed by atoms with Crippen molar-refractivity contribution in [3.8, 4) is 11.8 Å². The third kappa shape index (κ3) is 10.2. The molecule has 0 spiro atoms. The minimum absolute atomic E-state index is 0.0240. The molecule has 4 aliphatic rings. The van der Waals surface area contributed by atoms with Crippen LogP contribution in [0.1, 0.15) is 73.0 Å². The number of halogens is 1. The van der Waals surface area contributed by atoms with E-state index in [1.165, 1.54) is 0 Å². The van der Waals surface area contributed by atoms with Gasteiger partial charge in [-0.2, -0.15) is 5.26 Å². The van der Waals surface area contributed by atoms with Crippen LogP contribution < -0.4 is 25.6 Å². The molecule has 1 atom stereocenters. The van der Waals surface area contributed by atoms with Gasteiger partial charge in [0.25, 0.3) is 5.91 Å². The van der Waals surface area contributed by atoms with Crippen LogP contribution in [0.25, 0.3) is 0 Å². The number of benzene rings is 2. The van der Waals surface area contributed by atoms with Crippen molar-refractivity contribution < 1.29 is 23.9 Å². The van der Waals surface area contributed by atoms with Gasteiger partial charge in [0, 0.05) is 76.6 Å². The smallest absolute Gasteiger partial charge is 0.269 e. The molecule has 4 heterocycles. The van der Waals surface area contributed by atoms with Gasteiger partial charge in [-0.1, -0.05) is 23.7 Å². The summed E-state index contributed by atoms with van der Waals surface area (Å²) < 4.78 is 6.20. The Hall–Kier alpha value is -5.26. The molecule has 0 bridgehead atoms. The van der Waals surface area contributed by atoms with Crippen molar-refractivity contribution in [1.29, 1.82) is 5.26 Å². The van der Waals surface area contributed by atoms with Crippen LogP contribution in [0.4, 0.5) is 11.5 Å². The van der Waals surface area contributed by atoms with Gasteiger partial charge >= 0.3 is 0 Å². The molecule has 300 valence electrons. The maximum atomic E-state index is 14.1. The molecule has 1 saturated carbocycles. The second kappa shape index (κ2) is 18.3. The van der Waals surface area contributed by atoms with Gasteiger partial charge in [0.1, 0.15) is 11.8 Å². The number of imide groups is 1. The highest BCUT2D eigenvalue weighted by molar-refractivity contribution is 6.31. The zero-order chi connectivity index (χ0) is 39.9. The van der Waals surface area contributed by atoms with Gasteiger partial charge in [-0.15, -0.1) is 10.2 Å². The van der Waals surface area contributed by atoms with Gasteiger partial charge < -0.3 is 25.2 Å². The number of nitrogens with two attached hydrogens (primary N) is 1. The monoisotopic (exact) mass is 795 g/mol. The van der Waals surface area contributed by atoms with Crippen molar-refractivity contribution in [2.24, 2.45) is 17.6 Å². The van der Waals surface area contributed by atoms with Crippen molar-refractivity contribution >= 4 is 46.7 Å². The van der Waals surface area contributed by atoms with Gasteiger partial charge in [0.2, 0.25) is 17.7 Å². The first-order valence-corrected chi connectivity index (χ1v) is 20.4. The van der Waals surface area contributed by atoms with Crippen LogP contribution in [0.5, 0.6) is 5.75 Å². The van der Waals surface area contributed by atoms with E-state index in [1.807, 2.05) is 23.1 Å². The number of piperazine rings is 1. The highest BCUT2D eigenvalue weighted by atomic mass is 35.5. The first-order chi connectivity index (χ1) is 27.6. The van der Waals surface area contributed by atoms with E-state index in [4.69, 9.17) is 22.1 Å². The maximum Gasteiger partial charge on any atom is 0.269 e. The summed E-state index contributed by atoms with van der Waals surface area (Å²) in [6, 6.07) is 18.8. The number of anilines is 2. The Bertz CT molecular complexity index is 1950. The molecular weight excluding hydrogens is 746 g/mol. The molecule has 15 heteroatoms. The quantitative estimate of drug-likeness (QED) is 0.254. The Labute approximate surface area is 338 Å². The zero-order valence-corrected chi connectivity index (χ0v) is 32.9. The lowest BCUT2D eigenvalue weighted by Crippen LogP contribution is -2.51. The number of carbonyl (C=O) groups is 4. The van der Waals surface area contributed by atoms with E-state index in [1.54, 1.807) is 24.3 Å². The standard InChI is InChI=1S/C42H50ClN9O5/c43-36-24-35(9-3-30(36)25-44)57-34-10-7-33(8-11-34)52(27-31-4-14-39(53)46-42(31)56)40(54)23-28-1-5-32(6-2-28)50-21-19-49(20-22-50)26-29-15-17-51(18-16-29)38-13-12-37(41(45)55)47-48-38/h1-3,5-6,9,12-13,24,29,31,33-34H,4,7-8,10-11,14-23,26-27H2,(H2,45,55)(H,46,53,56). The molecule has 57 heavy (non-hydrogen) atoms. The Balaban J connectivity index is 0.892. The molecule has 1 unspecified atom stereocenters. The van der Waals surface area contributed by atoms with Crippen molar-refractivity contribution in [3.05, 3.63) is 76.4 Å². The number of piperidine rings is 2. The zero-order valence-electron chi connectivity index (χ0n) is 32.2. The third-order valence-electron chi connectivity index (χ3n) is 11.9. The number of amides is 4. The SMILES string of the molecule is N#Cc1ccc(OC2CCC(N(CC3CCC(=O)NC3=O)C(=O)Cc3ccc(N4CCN(CC5CCN(c6ccc(C(N)=O)nn6)CC5)CC4)cc3)CC2)cc1Cl. The summed E-state index contributed by atoms with van der Waals surface area (Å²) in [4.78, 5) is 59.1. The second-order valence-electron chi connectivity index (χ2n) is 15.7. The normalized spacial score (nSPS) is 22.1. The van der Waals surface area contributed by atoms with E-state index in [-0.39, 0.29) is 54.9 Å². The molecule has 3 saturated heterocycles. The fourth-order valence-electron chi connectivity index (χ4n) is 8.56. The maximum absolute atomic E-state index is 14.1. The molecule has 3 aromatic rings. The summed E-state index contributed by atoms with van der Waals surface area (Å²) >= 11 is 6.22. The van der Waals surface area contributed by atoms with E-state index < -0.39 is 11.8 Å². The van der Waals surface area contributed by atoms with Gasteiger partial charge in [0.05, 0.1) is 29.0 Å². The summed E-state index contributed by atoms with van der Waals surface area (Å²) in [6.45, 7) is 7.02. The van der Waals surface area contributed by atoms with Gasteiger partial charge in [-0.25, -0.2) is 0 Å². The fraction of sp³-hybridized carbons (Fsp3) is 0.500. The number of carbonyl (C=O) groups excluding carboxylic acids is 4. The molecule has 3 N–H and O–H groups in total. The molecule has 1 aromatic heterocycles. The minimum atomic E-state index is -0.573. The molecule has 4 amide bonds. The van der Waals surface area contributed by atoms with E-state index >= 15 is 0 Å². The Kier molecular flexibility index (Phi) is 12.9. The van der Waals surface area contributed by atoms with Crippen LogP contribution in [0.3, 0.4) is 0 Å². The highest BCUT2D eigenvalue weighted by Gasteiger charge is 2.35. The molecule has 2 aromatic carbocycles. The number of aromatic nitrogens is 2. The van der Waals surface area contributed by atoms with Crippen LogP contribution >= 0.6 is 11.6 Å². The first kappa shape index (κ1) is 40.0. The Morgan fingerprint density at radius 3 is 2.26 bits per heavy atom. The van der Waals surface area contributed by atoms with E-state index in [9.17, 15) is 24.4 Å². The van der Waals surface area contributed by atoms with Crippen LogP contribution in [-0.2, 0) is 20.8 Å². The molecule has 1 aliphatic carbocycles. The highest BCUT2D eigenvalue weighted by Crippen LogP contribution is 2.31. The van der Waals surface area contributed by atoms with E-state index in [2.05, 4.69) is 48.4 Å². The molecule has 0 radical (unpaired) electrons. The third-order valence-corrected chi connectivity index (χ3v) is 12.2. The molecule has 14 nitrogen and oxygen atoms in total. The number of primary amides is 1. The van der Waals surface area contributed by atoms with Crippen LogP contribution in [0.2, 0.25) is 5.02 Å². The minimum Gasteiger partial charge on any atom is -0.490 e. The van der Waals surface area contributed by atoms with Gasteiger partial charge in [-0.05, 0) is 92.8 Å². The van der Waals surface area contributed by atoms with Crippen LogP contribution in [-0.4, -0.2) is 108 Å². The lowest BCUT2D eigenvalue weighted by Gasteiger charge is -2.40. The van der Waals surface area contributed by atoms with E-state index in [0.717, 1.165) is 101 Å². The second-order valence-corrected chi connectivity index (χ2v) is 16.1. The average molecular weight is 796 g/mol. The number of nitrogens with zero attached hydrogens (tertiary/aromatic N) is 7. The van der Waals surface area contributed by atoms with Crippen molar-refractivity contribution in [2.75, 3.05) is 62.2 Å². The first-order valence-electron chi connectivity index (χ1n) is 20.1. The molecule has 7 rings (SSSR count). The van der Waals surface area contributed by atoms with Crippen molar-refractivity contribution in [1.82, 2.24) is 25.3 Å². The predicted octanol–water partition coefficient (Wildman–Crippen LogP) is 3.95. The van der Waals surface area contributed by atoms with Crippen LogP contribution in [0, 0.1) is 23.2 Å². The number of nitriles is 1. The van der Waals surface area contributed by atoms with Crippen molar-refractivity contribution in [3.63, 3.8) is 0 Å². The largest absolute Gasteiger partial charge is 0.490 e. The Morgan fingerprint density at radius 2 is 1.63 bits per heavy atom. The summed E-state index contributed by atoms with van der Waals surface area (Å²) in [5.41, 5.74) is 7.94. The molecule has 4 fully saturated rings. The number of nitrogens with one attached hydrogen (secondary N) is 1. The fourth-order valence-corrected chi connectivity index (χ4v) is 8.77. The Morgan fingerprint density at radius 1 is 0.895 bits per heavy atom. The number of hydrogen-bond donors (Lipinski definition) is 2. The lowest BCUT2D eigenvalue weighted by atomic mass is 9.89. The number of rotatable bonds is 12. The predicted molar refractivity (Wildman–Crippen MR) is 215 cm³/mol. The number of ether oxygens (including phenoxy) is 1.